The summed E-state index contributed by atoms with van der Waals surface area (Å²) in [7, 11) is 1.80. The van der Waals surface area contributed by atoms with Crippen molar-refractivity contribution in [3.05, 3.63) is 88.1 Å². The van der Waals surface area contributed by atoms with Gasteiger partial charge in [0.2, 0.25) is 5.91 Å². The van der Waals surface area contributed by atoms with Gasteiger partial charge < -0.3 is 24.5 Å². The fourth-order valence-electron chi connectivity index (χ4n) is 4.33. The Balaban J connectivity index is 1.60. The van der Waals surface area contributed by atoms with Crippen molar-refractivity contribution < 1.29 is 23.1 Å². The zero-order chi connectivity index (χ0) is 31.1. The number of nitrogens with zero attached hydrogens (tertiary/aromatic N) is 4. The predicted molar refractivity (Wildman–Crippen MR) is 159 cm³/mol. The molecule has 13 heteroatoms. The van der Waals surface area contributed by atoms with E-state index in [9.17, 15) is 23.2 Å². The average molecular weight is 613 g/mol. The molecule has 0 saturated heterocycles. The van der Waals surface area contributed by atoms with Gasteiger partial charge >= 0.3 is 6.09 Å². The van der Waals surface area contributed by atoms with Crippen LogP contribution in [0.2, 0.25) is 5.02 Å². The third kappa shape index (κ3) is 7.83. The molecule has 0 radical (unpaired) electrons. The van der Waals surface area contributed by atoms with Gasteiger partial charge in [-0.3, -0.25) is 9.59 Å². The first-order valence-electron chi connectivity index (χ1n) is 13.4. The summed E-state index contributed by atoms with van der Waals surface area (Å²) in [6.45, 7) is 1.36. The first-order valence-corrected chi connectivity index (χ1v) is 13.8. The van der Waals surface area contributed by atoms with Crippen LogP contribution in [0, 0.1) is 0 Å². The second-order valence-electron chi connectivity index (χ2n) is 10.1. The summed E-state index contributed by atoms with van der Waals surface area (Å²) in [5.74, 6) is 0.0176. The van der Waals surface area contributed by atoms with E-state index in [0.29, 0.717) is 22.1 Å². The lowest BCUT2D eigenvalue weighted by Crippen LogP contribution is -2.46. The van der Waals surface area contributed by atoms with Crippen LogP contribution in [0.15, 0.2) is 71.9 Å². The first-order chi connectivity index (χ1) is 20.6. The standard InChI is InChI=1S/C30H31ClF2N6O4/c1-18(2)39-16-21(7-11-27(39)40)20-6-10-25(31)22(12-20)13-26(36-30(42)43-24(14-32)15-33)29(41)35-23-8-4-19(5-9-23)28-37-34-17-38(28)3/h4-12,16-18,24,26H,13-15H2,1-3H3,(H,35,41)(H,36,42)/t26-/m0/s1. The number of aromatic nitrogens is 4. The van der Waals surface area contributed by atoms with Gasteiger partial charge in [-0.25, -0.2) is 13.6 Å². The van der Waals surface area contributed by atoms with E-state index in [1.54, 1.807) is 77.2 Å². The highest BCUT2D eigenvalue weighted by atomic mass is 35.5. The number of rotatable bonds is 11. The summed E-state index contributed by atoms with van der Waals surface area (Å²) < 4.78 is 34.1. The highest BCUT2D eigenvalue weighted by molar-refractivity contribution is 6.31. The Kier molecular flexibility index (Phi) is 10.3. The van der Waals surface area contributed by atoms with Crippen molar-refractivity contribution in [1.82, 2.24) is 24.6 Å². The molecule has 0 spiro atoms. The Morgan fingerprint density at radius 2 is 1.67 bits per heavy atom. The maximum atomic E-state index is 13.4. The number of carbonyl (C=O) groups is 2. The number of anilines is 1. The number of pyridine rings is 1. The molecule has 0 aliphatic heterocycles. The maximum absolute atomic E-state index is 13.4. The van der Waals surface area contributed by atoms with Gasteiger partial charge in [0.25, 0.3) is 5.56 Å². The summed E-state index contributed by atoms with van der Waals surface area (Å²) in [6.07, 6.45) is 0.468. The van der Waals surface area contributed by atoms with Gasteiger partial charge in [-0.1, -0.05) is 17.7 Å². The lowest BCUT2D eigenvalue weighted by atomic mass is 9.99. The second kappa shape index (κ2) is 14.1. The van der Waals surface area contributed by atoms with E-state index >= 15 is 0 Å². The average Bonchev–Trinajstić information content (AvgIpc) is 3.42. The van der Waals surface area contributed by atoms with Crippen molar-refractivity contribution in [2.24, 2.45) is 7.05 Å². The number of aryl methyl sites for hydroxylation is 1. The second-order valence-corrected chi connectivity index (χ2v) is 10.5. The van der Waals surface area contributed by atoms with Crippen molar-refractivity contribution >= 4 is 29.3 Å². The fourth-order valence-corrected chi connectivity index (χ4v) is 4.52. The first kappa shape index (κ1) is 31.4. The summed E-state index contributed by atoms with van der Waals surface area (Å²) >= 11 is 6.50. The van der Waals surface area contributed by atoms with Gasteiger partial charge in [-0.15, -0.1) is 10.2 Å². The molecule has 0 aliphatic rings. The van der Waals surface area contributed by atoms with Crippen molar-refractivity contribution in [3.8, 4) is 22.5 Å². The summed E-state index contributed by atoms with van der Waals surface area (Å²) in [5.41, 5.74) is 3.04. The highest BCUT2D eigenvalue weighted by Crippen LogP contribution is 2.27. The smallest absolute Gasteiger partial charge is 0.408 e. The van der Waals surface area contributed by atoms with E-state index in [-0.39, 0.29) is 18.0 Å². The van der Waals surface area contributed by atoms with Crippen LogP contribution in [-0.4, -0.2) is 56.8 Å². The number of halogens is 3. The summed E-state index contributed by atoms with van der Waals surface area (Å²) in [5, 5.41) is 13.4. The van der Waals surface area contributed by atoms with Crippen LogP contribution in [0.4, 0.5) is 19.3 Å². The number of benzene rings is 2. The molecule has 226 valence electrons. The molecule has 0 bridgehead atoms. The normalized spacial score (nSPS) is 11.9. The van der Waals surface area contributed by atoms with Gasteiger partial charge in [0.05, 0.1) is 0 Å². The number of ether oxygens (including phenoxy) is 1. The largest absolute Gasteiger partial charge is 0.441 e. The van der Waals surface area contributed by atoms with E-state index in [0.717, 1.165) is 16.7 Å². The van der Waals surface area contributed by atoms with Crippen LogP contribution in [-0.2, 0) is 23.0 Å². The van der Waals surface area contributed by atoms with Crippen LogP contribution in [0.25, 0.3) is 22.5 Å². The molecule has 0 unspecified atom stereocenters. The molecule has 0 aliphatic carbocycles. The number of hydrogen-bond acceptors (Lipinski definition) is 6. The molecule has 1 atom stereocenters. The maximum Gasteiger partial charge on any atom is 0.408 e. The number of nitrogens with one attached hydrogen (secondary N) is 2. The molecule has 43 heavy (non-hydrogen) atoms. The molecule has 10 nitrogen and oxygen atoms in total. The number of amides is 2. The van der Waals surface area contributed by atoms with Crippen molar-refractivity contribution in [2.75, 3.05) is 18.7 Å². The fraction of sp³-hybridized carbons (Fsp3) is 0.300. The van der Waals surface area contributed by atoms with Crippen LogP contribution >= 0.6 is 11.6 Å². The number of alkyl carbamates (subject to hydrolysis) is 1. The minimum Gasteiger partial charge on any atom is -0.441 e. The van der Waals surface area contributed by atoms with Crippen molar-refractivity contribution in [3.63, 3.8) is 0 Å². The molecule has 2 aromatic carbocycles. The Morgan fingerprint density at radius 1 is 1.00 bits per heavy atom. The number of hydrogen-bond donors (Lipinski definition) is 2. The lowest BCUT2D eigenvalue weighted by Gasteiger charge is -2.21. The highest BCUT2D eigenvalue weighted by Gasteiger charge is 2.25. The molecule has 0 saturated carbocycles. The van der Waals surface area contributed by atoms with Gasteiger partial charge in [0, 0.05) is 48.0 Å². The Labute approximate surface area is 251 Å². The Morgan fingerprint density at radius 3 is 2.30 bits per heavy atom. The molecule has 2 aromatic heterocycles. The van der Waals surface area contributed by atoms with Crippen LogP contribution in [0.1, 0.15) is 25.5 Å². The summed E-state index contributed by atoms with van der Waals surface area (Å²) in [4.78, 5) is 38.2. The SMILES string of the molecule is CC(C)n1cc(-c2ccc(Cl)c(C[C@H](NC(=O)OC(CF)CF)C(=O)Nc3ccc(-c4nncn4C)cc3)c2)ccc1=O. The zero-order valence-corrected chi connectivity index (χ0v) is 24.5. The molecule has 4 aromatic rings. The zero-order valence-electron chi connectivity index (χ0n) is 23.8. The minimum absolute atomic E-state index is 0.0607. The van der Waals surface area contributed by atoms with Gasteiger partial charge in [0.15, 0.2) is 11.9 Å². The third-order valence-electron chi connectivity index (χ3n) is 6.65. The van der Waals surface area contributed by atoms with Crippen molar-refractivity contribution in [2.45, 2.75) is 38.5 Å². The van der Waals surface area contributed by atoms with Crippen molar-refractivity contribution in [1.29, 1.82) is 0 Å². The quantitative estimate of drug-likeness (QED) is 0.242. The van der Waals surface area contributed by atoms with E-state index in [4.69, 9.17) is 16.3 Å². The topological polar surface area (TPSA) is 120 Å². The number of alkyl halides is 2. The Hall–Kier alpha value is -4.58. The van der Waals surface area contributed by atoms with E-state index in [2.05, 4.69) is 20.8 Å². The molecule has 2 N–H and O–H groups in total. The van der Waals surface area contributed by atoms with Crippen LogP contribution < -0.4 is 16.2 Å². The molecule has 4 rings (SSSR count). The third-order valence-corrected chi connectivity index (χ3v) is 7.01. The lowest BCUT2D eigenvalue weighted by molar-refractivity contribution is -0.118. The molecule has 0 fully saturated rings. The monoisotopic (exact) mass is 612 g/mol. The van der Waals surface area contributed by atoms with E-state index in [1.807, 2.05) is 13.8 Å². The van der Waals surface area contributed by atoms with Crippen LogP contribution in [0.3, 0.4) is 0 Å². The number of carbonyl (C=O) groups excluding carboxylic acids is 2. The van der Waals surface area contributed by atoms with E-state index in [1.165, 1.54) is 6.07 Å². The van der Waals surface area contributed by atoms with Gasteiger partial charge in [-0.05, 0) is 73.0 Å². The van der Waals surface area contributed by atoms with E-state index < -0.39 is 37.5 Å². The van der Waals surface area contributed by atoms with Crippen LogP contribution in [0.5, 0.6) is 0 Å². The molecule has 2 heterocycles. The predicted octanol–water partition coefficient (Wildman–Crippen LogP) is 5.13. The minimum atomic E-state index is -1.60. The summed E-state index contributed by atoms with van der Waals surface area (Å²) in [6, 6.07) is 13.9. The Bertz CT molecular complexity index is 1640. The molecular weight excluding hydrogens is 582 g/mol. The van der Waals surface area contributed by atoms with Gasteiger partial charge in [-0.2, -0.15) is 0 Å². The van der Waals surface area contributed by atoms with Gasteiger partial charge in [0.1, 0.15) is 25.7 Å². The molecular formula is C30H31ClF2N6O4. The molecule has 2 amide bonds.